The number of allylic oxidation sites excluding steroid dienone is 1. The largest absolute Gasteiger partial charge is 0.491 e. The van der Waals surface area contributed by atoms with Gasteiger partial charge in [-0.2, -0.15) is 9.78 Å². The van der Waals surface area contributed by atoms with Gasteiger partial charge in [-0.3, -0.25) is 4.90 Å². The maximum atomic E-state index is 13.0. The predicted octanol–water partition coefficient (Wildman–Crippen LogP) is 4.33. The second kappa shape index (κ2) is 9.16. The molecular weight excluding hydrogens is 426 g/mol. The lowest BCUT2D eigenvalue weighted by molar-refractivity contribution is 0.197. The van der Waals surface area contributed by atoms with E-state index in [1.165, 1.54) is 4.68 Å². The highest BCUT2D eigenvalue weighted by Crippen LogP contribution is 2.33. The molecule has 7 nitrogen and oxygen atoms in total. The molecule has 0 bridgehead atoms. The van der Waals surface area contributed by atoms with Crippen molar-refractivity contribution < 1.29 is 9.53 Å². The van der Waals surface area contributed by atoms with Crippen LogP contribution in [-0.4, -0.2) is 64.9 Å². The van der Waals surface area contributed by atoms with E-state index in [4.69, 9.17) is 16.3 Å². The Hall–Kier alpha value is -2.51. The Morgan fingerprint density at radius 3 is 2.56 bits per heavy atom. The number of carbonyl (C=O) groups is 1. The molecule has 1 aromatic heterocycles. The van der Waals surface area contributed by atoms with Crippen LogP contribution in [0.3, 0.4) is 0 Å². The van der Waals surface area contributed by atoms with E-state index >= 15 is 0 Å². The van der Waals surface area contributed by atoms with Crippen molar-refractivity contribution in [3.63, 3.8) is 0 Å². The molecule has 1 aromatic carbocycles. The van der Waals surface area contributed by atoms with Crippen LogP contribution in [0.2, 0.25) is 5.02 Å². The van der Waals surface area contributed by atoms with Crippen molar-refractivity contribution in [3.8, 4) is 5.75 Å². The number of ether oxygens (including phenoxy) is 1. The summed E-state index contributed by atoms with van der Waals surface area (Å²) in [4.78, 5) is 19.2. The molecule has 2 aromatic rings. The molecule has 2 fully saturated rings. The van der Waals surface area contributed by atoms with Gasteiger partial charge in [-0.1, -0.05) is 24.2 Å². The number of nitrogens with zero attached hydrogens (tertiary/aromatic N) is 5. The van der Waals surface area contributed by atoms with Crippen LogP contribution in [0.5, 0.6) is 5.75 Å². The number of hydrogen-bond donors (Lipinski definition) is 0. The van der Waals surface area contributed by atoms with Crippen LogP contribution in [0.1, 0.15) is 26.3 Å². The van der Waals surface area contributed by atoms with Crippen LogP contribution in [-0.2, 0) is 6.54 Å². The van der Waals surface area contributed by atoms with Crippen LogP contribution >= 0.6 is 11.6 Å². The highest BCUT2D eigenvalue weighted by molar-refractivity contribution is 6.31. The van der Waals surface area contributed by atoms with E-state index in [1.807, 2.05) is 49.8 Å². The third-order valence-electron chi connectivity index (χ3n) is 6.35. The lowest BCUT2D eigenvalue weighted by atomic mass is 10.0. The summed E-state index contributed by atoms with van der Waals surface area (Å²) < 4.78 is 7.17. The van der Waals surface area contributed by atoms with Crippen molar-refractivity contribution in [2.45, 2.75) is 33.4 Å². The van der Waals surface area contributed by atoms with Gasteiger partial charge in [-0.05, 0) is 50.3 Å². The lowest BCUT2D eigenvalue weighted by Crippen LogP contribution is -2.36. The third kappa shape index (κ3) is 4.79. The number of aromatic nitrogens is 2. The third-order valence-corrected chi connectivity index (χ3v) is 6.70. The molecule has 2 aliphatic heterocycles. The highest BCUT2D eigenvalue weighted by atomic mass is 35.5. The zero-order chi connectivity index (χ0) is 23.0. The minimum atomic E-state index is -0.0592. The number of rotatable bonds is 6. The van der Waals surface area contributed by atoms with Crippen LogP contribution in [0.15, 0.2) is 42.9 Å². The molecule has 0 saturated carbocycles. The van der Waals surface area contributed by atoms with Crippen molar-refractivity contribution in [1.29, 1.82) is 0 Å². The summed E-state index contributed by atoms with van der Waals surface area (Å²) in [7, 11) is 1.92. The predicted molar refractivity (Wildman–Crippen MR) is 127 cm³/mol. The standard InChI is InChI=1S/C24H32ClN5O2/c1-16(2)27(5)21-9-26-30(15-21)24(31)29-13-19-11-28(12-20(19)14-29)10-18-6-7-22(8-23(18)25)32-17(3)4/h6-9,15,17,19-20H,1,10-14H2,2-5H3. The van der Waals surface area contributed by atoms with Gasteiger partial charge in [-0.15, -0.1) is 0 Å². The average molecular weight is 458 g/mol. The molecule has 32 heavy (non-hydrogen) atoms. The summed E-state index contributed by atoms with van der Waals surface area (Å²) in [5.74, 6) is 1.77. The normalized spacial score (nSPS) is 20.6. The van der Waals surface area contributed by atoms with E-state index in [0.29, 0.717) is 11.8 Å². The first kappa shape index (κ1) is 22.7. The molecule has 2 unspecified atom stereocenters. The minimum Gasteiger partial charge on any atom is -0.491 e. The molecule has 1 amide bonds. The maximum absolute atomic E-state index is 13.0. The number of carbonyl (C=O) groups excluding carboxylic acids is 1. The van der Waals surface area contributed by atoms with Gasteiger partial charge in [0.25, 0.3) is 0 Å². The van der Waals surface area contributed by atoms with E-state index in [2.05, 4.69) is 22.6 Å². The summed E-state index contributed by atoms with van der Waals surface area (Å²) in [5.41, 5.74) is 2.87. The summed E-state index contributed by atoms with van der Waals surface area (Å²) in [6, 6.07) is 5.89. The van der Waals surface area contributed by atoms with E-state index in [-0.39, 0.29) is 12.1 Å². The van der Waals surface area contributed by atoms with Crippen molar-refractivity contribution >= 4 is 23.3 Å². The number of hydrogen-bond acceptors (Lipinski definition) is 5. The van der Waals surface area contributed by atoms with Crippen molar-refractivity contribution in [2.24, 2.45) is 11.8 Å². The van der Waals surface area contributed by atoms with Gasteiger partial charge in [0.05, 0.1) is 24.2 Å². The minimum absolute atomic E-state index is 0.0592. The molecule has 0 aliphatic carbocycles. The van der Waals surface area contributed by atoms with Gasteiger partial charge >= 0.3 is 6.03 Å². The van der Waals surface area contributed by atoms with Gasteiger partial charge in [0, 0.05) is 50.5 Å². The Bertz CT molecular complexity index is 990. The number of fused-ring (bicyclic) bond motifs is 1. The van der Waals surface area contributed by atoms with Crippen molar-refractivity contribution in [3.05, 3.63) is 53.5 Å². The van der Waals surface area contributed by atoms with E-state index in [9.17, 15) is 4.79 Å². The smallest absolute Gasteiger partial charge is 0.344 e. The molecule has 172 valence electrons. The molecule has 2 saturated heterocycles. The average Bonchev–Trinajstić information content (AvgIpc) is 3.43. The number of halogens is 1. The van der Waals surface area contributed by atoms with Crippen molar-refractivity contribution in [2.75, 3.05) is 38.1 Å². The Morgan fingerprint density at radius 2 is 1.97 bits per heavy atom. The first-order valence-corrected chi connectivity index (χ1v) is 11.5. The summed E-state index contributed by atoms with van der Waals surface area (Å²) in [5, 5.41) is 5.01. The maximum Gasteiger partial charge on any atom is 0.344 e. The van der Waals surface area contributed by atoms with Crippen LogP contribution in [0.25, 0.3) is 0 Å². The molecule has 4 rings (SSSR count). The van der Waals surface area contributed by atoms with Gasteiger partial charge in [0.1, 0.15) is 5.75 Å². The fourth-order valence-corrected chi connectivity index (χ4v) is 4.80. The molecule has 2 aliphatic rings. The number of likely N-dealkylation sites (tertiary alicyclic amines) is 2. The molecule has 8 heteroatoms. The Morgan fingerprint density at radius 1 is 1.28 bits per heavy atom. The molecule has 3 heterocycles. The molecular formula is C24H32ClN5O2. The van der Waals surface area contributed by atoms with Crippen LogP contribution in [0.4, 0.5) is 10.5 Å². The van der Waals surface area contributed by atoms with Crippen molar-refractivity contribution in [1.82, 2.24) is 19.6 Å². The SMILES string of the molecule is C=C(C)N(C)c1cnn(C(=O)N2CC3CN(Cc4ccc(OC(C)C)cc4Cl)CC3C2)c1. The lowest BCUT2D eigenvalue weighted by Gasteiger charge is -2.22. The summed E-state index contributed by atoms with van der Waals surface area (Å²) in [6.45, 7) is 14.2. The molecule has 2 atom stereocenters. The second-order valence-electron chi connectivity index (χ2n) is 9.26. The van der Waals surface area contributed by atoms with Gasteiger partial charge in [-0.25, -0.2) is 4.79 Å². The fraction of sp³-hybridized carbons (Fsp3) is 0.500. The Kier molecular flexibility index (Phi) is 6.49. The second-order valence-corrected chi connectivity index (χ2v) is 9.67. The quantitative estimate of drug-likeness (QED) is 0.646. The molecule has 0 N–H and O–H groups in total. The van der Waals surface area contributed by atoms with Gasteiger partial charge in [0.2, 0.25) is 0 Å². The van der Waals surface area contributed by atoms with E-state index in [1.54, 1.807) is 12.4 Å². The van der Waals surface area contributed by atoms with Crippen LogP contribution in [0, 0.1) is 11.8 Å². The highest BCUT2D eigenvalue weighted by Gasteiger charge is 2.42. The van der Waals surface area contributed by atoms with E-state index in [0.717, 1.165) is 60.4 Å². The Balaban J connectivity index is 1.32. The summed E-state index contributed by atoms with van der Waals surface area (Å²) in [6.07, 6.45) is 3.60. The number of benzene rings is 1. The number of amides is 1. The van der Waals surface area contributed by atoms with E-state index < -0.39 is 0 Å². The summed E-state index contributed by atoms with van der Waals surface area (Å²) >= 11 is 6.51. The van der Waals surface area contributed by atoms with Gasteiger partial charge in [0.15, 0.2) is 0 Å². The zero-order valence-electron chi connectivity index (χ0n) is 19.3. The fourth-order valence-electron chi connectivity index (χ4n) is 4.57. The zero-order valence-corrected chi connectivity index (χ0v) is 20.0. The van der Waals surface area contributed by atoms with Gasteiger partial charge < -0.3 is 14.5 Å². The monoisotopic (exact) mass is 457 g/mol. The van der Waals surface area contributed by atoms with Crippen LogP contribution < -0.4 is 9.64 Å². The Labute approximate surface area is 195 Å². The molecule has 0 spiro atoms. The number of anilines is 1. The topological polar surface area (TPSA) is 53.8 Å². The molecule has 0 radical (unpaired) electrons. The first-order chi connectivity index (χ1) is 15.2. The first-order valence-electron chi connectivity index (χ1n) is 11.1.